The van der Waals surface area contributed by atoms with Gasteiger partial charge in [0.25, 0.3) is 5.56 Å². The smallest absolute Gasteiger partial charge is 0.262 e. The van der Waals surface area contributed by atoms with E-state index >= 15 is 0 Å². The van der Waals surface area contributed by atoms with Gasteiger partial charge in [-0.25, -0.2) is 23.4 Å². The number of aryl methyl sites for hydroxylation is 1. The molecule has 0 amide bonds. The second-order valence-corrected chi connectivity index (χ2v) is 7.96. The van der Waals surface area contributed by atoms with Crippen LogP contribution in [0.15, 0.2) is 21.6 Å². The lowest BCUT2D eigenvalue weighted by molar-refractivity contribution is -0.0446. The molecule has 5 rings (SSSR count). The molecule has 2 saturated carbocycles. The lowest BCUT2D eigenvalue weighted by Crippen LogP contribution is -2.28. The lowest BCUT2D eigenvalue weighted by Gasteiger charge is -2.33. The maximum Gasteiger partial charge on any atom is 0.262 e. The molecule has 3 heterocycles. The van der Waals surface area contributed by atoms with E-state index in [1.165, 1.54) is 6.20 Å². The van der Waals surface area contributed by atoms with Crippen molar-refractivity contribution in [2.45, 2.75) is 69.2 Å². The summed E-state index contributed by atoms with van der Waals surface area (Å²) in [5.41, 5.74) is 0.227. The van der Waals surface area contributed by atoms with E-state index < -0.39 is 5.92 Å². The van der Waals surface area contributed by atoms with E-state index in [0.29, 0.717) is 35.6 Å². The van der Waals surface area contributed by atoms with Crippen molar-refractivity contribution in [3.63, 3.8) is 0 Å². The number of aromatic amines is 1. The van der Waals surface area contributed by atoms with Gasteiger partial charge in [-0.15, -0.1) is 0 Å². The first-order chi connectivity index (χ1) is 13.4. The van der Waals surface area contributed by atoms with Crippen LogP contribution in [0, 0.1) is 6.92 Å². The predicted octanol–water partition coefficient (Wildman–Crippen LogP) is 3.83. The van der Waals surface area contributed by atoms with Crippen LogP contribution in [0.25, 0.3) is 11.0 Å². The summed E-state index contributed by atoms with van der Waals surface area (Å²) >= 11 is 0. The van der Waals surface area contributed by atoms with E-state index in [0.717, 1.165) is 18.6 Å². The van der Waals surface area contributed by atoms with Crippen LogP contribution in [-0.4, -0.2) is 30.7 Å². The molecule has 28 heavy (non-hydrogen) atoms. The zero-order valence-corrected chi connectivity index (χ0v) is 15.5. The van der Waals surface area contributed by atoms with Gasteiger partial charge in [-0.2, -0.15) is 5.10 Å². The summed E-state index contributed by atoms with van der Waals surface area (Å²) in [4.78, 5) is 24.5. The number of rotatable bonds is 3. The van der Waals surface area contributed by atoms with Crippen molar-refractivity contribution in [2.24, 2.45) is 0 Å². The Balaban J connectivity index is 1.49. The van der Waals surface area contributed by atoms with Gasteiger partial charge in [-0.1, -0.05) is 0 Å². The highest BCUT2D eigenvalue weighted by Crippen LogP contribution is 2.47. The molecule has 1 N–H and O–H groups in total. The van der Waals surface area contributed by atoms with Gasteiger partial charge < -0.3 is 9.40 Å². The minimum atomic E-state index is -2.61. The first-order valence-electron chi connectivity index (χ1n) is 9.69. The van der Waals surface area contributed by atoms with Crippen LogP contribution < -0.4 is 5.56 Å². The molecule has 2 aliphatic rings. The number of halogens is 2. The highest BCUT2D eigenvalue weighted by molar-refractivity contribution is 5.73. The average molecular weight is 389 g/mol. The molecule has 0 spiro atoms. The van der Waals surface area contributed by atoms with E-state index in [1.807, 2.05) is 6.92 Å². The van der Waals surface area contributed by atoms with Crippen LogP contribution in [0.1, 0.15) is 73.9 Å². The van der Waals surface area contributed by atoms with Crippen molar-refractivity contribution in [3.8, 4) is 0 Å². The van der Waals surface area contributed by atoms with E-state index in [-0.39, 0.29) is 36.3 Å². The molecule has 2 unspecified atom stereocenters. The Morgan fingerprint density at radius 1 is 1.18 bits per heavy atom. The predicted molar refractivity (Wildman–Crippen MR) is 96.6 cm³/mol. The average Bonchev–Trinajstić information content (AvgIpc) is 3.21. The summed E-state index contributed by atoms with van der Waals surface area (Å²) < 4.78 is 34.3. The van der Waals surface area contributed by atoms with E-state index in [2.05, 4.69) is 15.1 Å². The second-order valence-electron chi connectivity index (χ2n) is 7.96. The van der Waals surface area contributed by atoms with Crippen LogP contribution >= 0.6 is 0 Å². The van der Waals surface area contributed by atoms with Gasteiger partial charge in [0.15, 0.2) is 11.5 Å². The van der Waals surface area contributed by atoms with Gasteiger partial charge in [0.1, 0.15) is 17.0 Å². The number of hydrogen-bond donors (Lipinski definition) is 1. The minimum absolute atomic E-state index is 0.0224. The molecule has 0 radical (unpaired) electrons. The topological polar surface area (TPSA) is 89.6 Å². The van der Waals surface area contributed by atoms with Gasteiger partial charge in [-0.05, 0) is 32.6 Å². The Bertz CT molecular complexity index is 1080. The monoisotopic (exact) mass is 389 g/mol. The van der Waals surface area contributed by atoms with Crippen molar-refractivity contribution < 1.29 is 13.2 Å². The standard InChI is InChI=1S/C19H21F2N5O2/c1-10-8-22-18(28-10)13-3-2-12(13)15-24-16-14(17(27)25-15)9-23-26(16)11-4-6-19(20,21)7-5-11/h8-9,11-13H,2-7H2,1H3,(H,24,25,27). The largest absolute Gasteiger partial charge is 0.446 e. The number of nitrogens with one attached hydrogen (secondary N) is 1. The zero-order valence-electron chi connectivity index (χ0n) is 15.5. The van der Waals surface area contributed by atoms with Crippen molar-refractivity contribution in [2.75, 3.05) is 0 Å². The summed E-state index contributed by atoms with van der Waals surface area (Å²) in [6.07, 6.45) is 5.30. The third-order valence-corrected chi connectivity index (χ3v) is 6.10. The van der Waals surface area contributed by atoms with Gasteiger partial charge >= 0.3 is 0 Å². The number of alkyl halides is 2. The Kier molecular flexibility index (Phi) is 3.89. The van der Waals surface area contributed by atoms with Crippen molar-refractivity contribution in [1.29, 1.82) is 0 Å². The molecule has 3 aromatic rings. The molecule has 9 heteroatoms. The van der Waals surface area contributed by atoms with Gasteiger partial charge in [0.2, 0.25) is 5.92 Å². The Hall–Kier alpha value is -2.58. The summed E-state index contributed by atoms with van der Waals surface area (Å²) in [7, 11) is 0. The fraction of sp³-hybridized carbons (Fsp3) is 0.579. The molecule has 148 valence electrons. The van der Waals surface area contributed by atoms with Crippen LogP contribution in [0.3, 0.4) is 0 Å². The molecular weight excluding hydrogens is 368 g/mol. The number of nitrogens with zero attached hydrogens (tertiary/aromatic N) is 4. The first-order valence-corrected chi connectivity index (χ1v) is 9.69. The number of oxazole rings is 1. The van der Waals surface area contributed by atoms with Crippen molar-refractivity contribution in [3.05, 3.63) is 40.2 Å². The minimum Gasteiger partial charge on any atom is -0.446 e. The van der Waals surface area contributed by atoms with Crippen molar-refractivity contribution in [1.82, 2.24) is 24.7 Å². The molecule has 0 saturated heterocycles. The first kappa shape index (κ1) is 17.5. The second kappa shape index (κ2) is 6.22. The Labute approximate surface area is 159 Å². The third-order valence-electron chi connectivity index (χ3n) is 6.10. The normalized spacial score (nSPS) is 25.1. The molecule has 2 fully saturated rings. The quantitative estimate of drug-likeness (QED) is 0.735. The summed E-state index contributed by atoms with van der Waals surface area (Å²) in [5.74, 6) is -0.493. The molecular formula is C19H21F2N5O2. The van der Waals surface area contributed by atoms with E-state index in [1.54, 1.807) is 10.9 Å². The fourth-order valence-electron chi connectivity index (χ4n) is 4.33. The molecule has 0 aromatic carbocycles. The van der Waals surface area contributed by atoms with Crippen LogP contribution in [0.2, 0.25) is 0 Å². The number of H-pyrrole nitrogens is 1. The zero-order chi connectivity index (χ0) is 19.5. The Morgan fingerprint density at radius 2 is 1.93 bits per heavy atom. The van der Waals surface area contributed by atoms with Crippen LogP contribution in [0.4, 0.5) is 8.78 Å². The van der Waals surface area contributed by atoms with E-state index in [4.69, 9.17) is 9.40 Å². The molecule has 0 aliphatic heterocycles. The summed E-state index contributed by atoms with van der Waals surface area (Å²) in [5, 5.41) is 4.70. The highest BCUT2D eigenvalue weighted by atomic mass is 19.3. The Morgan fingerprint density at radius 3 is 2.57 bits per heavy atom. The van der Waals surface area contributed by atoms with Gasteiger partial charge in [-0.3, -0.25) is 4.79 Å². The molecule has 2 atom stereocenters. The molecule has 3 aromatic heterocycles. The number of fused-ring (bicyclic) bond motifs is 1. The molecule has 7 nitrogen and oxygen atoms in total. The maximum absolute atomic E-state index is 13.5. The van der Waals surface area contributed by atoms with Gasteiger partial charge in [0, 0.05) is 24.7 Å². The summed E-state index contributed by atoms with van der Waals surface area (Å²) in [6.45, 7) is 1.85. The van der Waals surface area contributed by atoms with Gasteiger partial charge in [0.05, 0.1) is 18.4 Å². The lowest BCUT2D eigenvalue weighted by atomic mass is 9.73. The maximum atomic E-state index is 13.5. The number of aromatic nitrogens is 5. The summed E-state index contributed by atoms with van der Waals surface area (Å²) in [6, 6.07) is -0.161. The van der Waals surface area contributed by atoms with E-state index in [9.17, 15) is 13.6 Å². The van der Waals surface area contributed by atoms with Crippen LogP contribution in [-0.2, 0) is 0 Å². The molecule has 2 aliphatic carbocycles. The fourth-order valence-corrected chi connectivity index (χ4v) is 4.33. The van der Waals surface area contributed by atoms with Crippen molar-refractivity contribution >= 4 is 11.0 Å². The SMILES string of the molecule is Cc1cnc(C2CCC2c2nc3c(cnn3C3CCC(F)(F)CC3)c(=O)[nH]2)o1. The van der Waals surface area contributed by atoms with Crippen LogP contribution in [0.5, 0.6) is 0 Å². The molecule has 0 bridgehead atoms. The number of hydrogen-bond acceptors (Lipinski definition) is 5. The highest BCUT2D eigenvalue weighted by Gasteiger charge is 2.39. The third kappa shape index (κ3) is 2.84.